The first-order valence-electron chi connectivity index (χ1n) is 8.85. The van der Waals surface area contributed by atoms with Crippen molar-refractivity contribution in [1.82, 2.24) is 10.3 Å². The molecule has 6 nitrogen and oxygen atoms in total. The second-order valence-electron chi connectivity index (χ2n) is 7.38. The van der Waals surface area contributed by atoms with Crippen molar-refractivity contribution in [2.45, 2.75) is 43.4 Å². The summed E-state index contributed by atoms with van der Waals surface area (Å²) in [7, 11) is 0. The number of aromatic nitrogens is 1. The molecule has 1 aromatic heterocycles. The van der Waals surface area contributed by atoms with Crippen molar-refractivity contribution >= 4 is 23.5 Å². The standard InChI is InChI=1S/C18H26FN3O3S/c1-17(21-15(24)11-26-2)12-18(25-10-14(17)23)5-8-22(9-6-18)16-13(19)4-3-7-20-16/h3-4,7,14,23H,5-6,8-12H2,1-2H3,(H,21,24)/t14-,17-/m0/s1. The predicted octanol–water partition coefficient (Wildman–Crippen LogP) is 1.58. The van der Waals surface area contributed by atoms with Gasteiger partial charge >= 0.3 is 0 Å². The van der Waals surface area contributed by atoms with Gasteiger partial charge in [-0.25, -0.2) is 9.37 Å². The SMILES string of the molecule is CSCC(=O)N[C@@]1(C)CC2(CCN(c3ncccc3F)CC2)OC[C@@H]1O. The van der Waals surface area contributed by atoms with Gasteiger partial charge in [-0.2, -0.15) is 11.8 Å². The molecule has 0 aliphatic carbocycles. The molecule has 2 N–H and O–H groups in total. The van der Waals surface area contributed by atoms with Crippen LogP contribution in [0, 0.1) is 5.82 Å². The average molecular weight is 383 g/mol. The van der Waals surface area contributed by atoms with E-state index in [1.165, 1.54) is 17.8 Å². The van der Waals surface area contributed by atoms with Crippen LogP contribution in [-0.4, -0.2) is 64.9 Å². The van der Waals surface area contributed by atoms with Crippen molar-refractivity contribution in [3.8, 4) is 0 Å². The molecule has 2 aliphatic rings. The third kappa shape index (κ3) is 3.97. The summed E-state index contributed by atoms with van der Waals surface area (Å²) in [6.45, 7) is 3.32. The topological polar surface area (TPSA) is 74.7 Å². The molecule has 26 heavy (non-hydrogen) atoms. The average Bonchev–Trinajstić information content (AvgIpc) is 2.60. The third-order valence-corrected chi connectivity index (χ3v) is 5.94. The molecule has 1 amide bonds. The zero-order valence-electron chi connectivity index (χ0n) is 15.2. The third-order valence-electron chi connectivity index (χ3n) is 5.39. The Balaban J connectivity index is 1.68. The monoisotopic (exact) mass is 383 g/mol. The summed E-state index contributed by atoms with van der Waals surface area (Å²) < 4.78 is 20.0. The first-order chi connectivity index (χ1) is 12.4. The number of ether oxygens (including phenoxy) is 1. The molecular weight excluding hydrogens is 357 g/mol. The Morgan fingerprint density at radius 3 is 2.92 bits per heavy atom. The number of rotatable bonds is 4. The summed E-state index contributed by atoms with van der Waals surface area (Å²) in [6, 6.07) is 3.00. The Kier molecular flexibility index (Phi) is 5.74. The van der Waals surface area contributed by atoms with Crippen LogP contribution in [0.5, 0.6) is 0 Å². The molecule has 0 unspecified atom stereocenters. The summed E-state index contributed by atoms with van der Waals surface area (Å²) >= 11 is 1.45. The number of anilines is 1. The lowest BCUT2D eigenvalue weighted by Gasteiger charge is -2.52. The van der Waals surface area contributed by atoms with E-state index in [0.717, 1.165) is 0 Å². The highest BCUT2D eigenvalue weighted by Crippen LogP contribution is 2.40. The number of pyridine rings is 1. The Labute approximate surface area is 157 Å². The zero-order chi connectivity index (χ0) is 18.8. The number of aliphatic hydroxyl groups is 1. The van der Waals surface area contributed by atoms with Gasteiger partial charge < -0.3 is 20.1 Å². The fraction of sp³-hybridized carbons (Fsp3) is 0.667. The number of nitrogens with one attached hydrogen (secondary N) is 1. The summed E-state index contributed by atoms with van der Waals surface area (Å²) in [5, 5.41) is 13.4. The Morgan fingerprint density at radius 1 is 1.54 bits per heavy atom. The molecule has 2 saturated heterocycles. The molecule has 0 aromatic carbocycles. The minimum atomic E-state index is -0.745. The van der Waals surface area contributed by atoms with Gasteiger partial charge in [0.1, 0.15) is 6.10 Å². The summed E-state index contributed by atoms with van der Waals surface area (Å²) in [5.41, 5.74) is -1.13. The largest absolute Gasteiger partial charge is 0.388 e. The zero-order valence-corrected chi connectivity index (χ0v) is 16.0. The molecule has 3 rings (SSSR count). The normalized spacial score (nSPS) is 28.2. The van der Waals surface area contributed by atoms with Crippen molar-refractivity contribution in [2.24, 2.45) is 0 Å². The van der Waals surface area contributed by atoms with Crippen molar-refractivity contribution in [2.75, 3.05) is 36.6 Å². The van der Waals surface area contributed by atoms with Crippen LogP contribution in [0.1, 0.15) is 26.2 Å². The fourth-order valence-electron chi connectivity index (χ4n) is 3.95. The summed E-state index contributed by atoms with van der Waals surface area (Å²) in [6.07, 6.45) is 4.66. The number of hydrogen-bond acceptors (Lipinski definition) is 6. The minimum absolute atomic E-state index is 0.0795. The Morgan fingerprint density at radius 2 is 2.27 bits per heavy atom. The Bertz CT molecular complexity index is 654. The second-order valence-corrected chi connectivity index (χ2v) is 8.25. The van der Waals surface area contributed by atoms with Crippen LogP contribution in [0.15, 0.2) is 18.3 Å². The molecule has 1 aromatic rings. The maximum Gasteiger partial charge on any atom is 0.230 e. The molecular formula is C18H26FN3O3S. The number of carbonyl (C=O) groups excluding carboxylic acids is 1. The molecule has 2 aliphatic heterocycles. The maximum atomic E-state index is 14.0. The van der Waals surface area contributed by atoms with Crippen LogP contribution >= 0.6 is 11.8 Å². The maximum absolute atomic E-state index is 14.0. The molecule has 0 bridgehead atoms. The van der Waals surface area contributed by atoms with Gasteiger partial charge in [-0.05, 0) is 38.2 Å². The number of hydrogen-bond donors (Lipinski definition) is 2. The first-order valence-corrected chi connectivity index (χ1v) is 10.2. The van der Waals surface area contributed by atoms with E-state index >= 15 is 0 Å². The quantitative estimate of drug-likeness (QED) is 0.822. The number of aliphatic hydroxyl groups excluding tert-OH is 1. The van der Waals surface area contributed by atoms with E-state index in [-0.39, 0.29) is 18.3 Å². The van der Waals surface area contributed by atoms with E-state index in [4.69, 9.17) is 4.74 Å². The van der Waals surface area contributed by atoms with E-state index in [0.29, 0.717) is 43.9 Å². The van der Waals surface area contributed by atoms with Gasteiger partial charge in [0.05, 0.1) is 23.5 Å². The van der Waals surface area contributed by atoms with Crippen LogP contribution < -0.4 is 10.2 Å². The van der Waals surface area contributed by atoms with Gasteiger partial charge in [0.2, 0.25) is 5.91 Å². The Hall–Kier alpha value is -1.38. The lowest BCUT2D eigenvalue weighted by Crippen LogP contribution is -2.66. The number of nitrogens with zero attached hydrogens (tertiary/aromatic N) is 2. The van der Waals surface area contributed by atoms with Gasteiger partial charge in [0.15, 0.2) is 11.6 Å². The number of carbonyl (C=O) groups is 1. The first kappa shape index (κ1) is 19.4. The van der Waals surface area contributed by atoms with Crippen LogP contribution in [-0.2, 0) is 9.53 Å². The van der Waals surface area contributed by atoms with Gasteiger partial charge in [0.25, 0.3) is 0 Å². The van der Waals surface area contributed by atoms with Crippen LogP contribution in [0.4, 0.5) is 10.2 Å². The number of piperidine rings is 1. The van der Waals surface area contributed by atoms with Gasteiger partial charge in [-0.3, -0.25) is 4.79 Å². The van der Waals surface area contributed by atoms with Crippen LogP contribution in [0.25, 0.3) is 0 Å². The number of thioether (sulfide) groups is 1. The molecule has 0 saturated carbocycles. The lowest BCUT2D eigenvalue weighted by atomic mass is 9.74. The highest BCUT2D eigenvalue weighted by molar-refractivity contribution is 7.99. The van der Waals surface area contributed by atoms with Gasteiger partial charge in [-0.1, -0.05) is 0 Å². The summed E-state index contributed by atoms with van der Waals surface area (Å²) in [4.78, 5) is 18.1. The number of halogens is 1. The fourth-order valence-corrected chi connectivity index (χ4v) is 4.28. The molecule has 3 heterocycles. The van der Waals surface area contributed by atoms with Crippen molar-refractivity contribution in [3.05, 3.63) is 24.1 Å². The van der Waals surface area contributed by atoms with Crippen LogP contribution in [0.2, 0.25) is 0 Å². The van der Waals surface area contributed by atoms with E-state index in [1.807, 2.05) is 18.1 Å². The lowest BCUT2D eigenvalue weighted by molar-refractivity contribution is -0.172. The minimum Gasteiger partial charge on any atom is -0.388 e. The van der Waals surface area contributed by atoms with E-state index in [9.17, 15) is 14.3 Å². The van der Waals surface area contributed by atoms with Crippen molar-refractivity contribution in [1.29, 1.82) is 0 Å². The predicted molar refractivity (Wildman–Crippen MR) is 99.9 cm³/mol. The van der Waals surface area contributed by atoms with Crippen LogP contribution in [0.3, 0.4) is 0 Å². The van der Waals surface area contributed by atoms with Crippen molar-refractivity contribution < 1.29 is 19.0 Å². The molecule has 8 heteroatoms. The molecule has 1 spiro atoms. The number of amides is 1. The molecule has 2 atom stereocenters. The molecule has 2 fully saturated rings. The van der Waals surface area contributed by atoms with E-state index in [2.05, 4.69) is 10.3 Å². The van der Waals surface area contributed by atoms with E-state index in [1.54, 1.807) is 12.3 Å². The molecule has 0 radical (unpaired) electrons. The van der Waals surface area contributed by atoms with Gasteiger partial charge in [0, 0.05) is 25.7 Å². The highest BCUT2D eigenvalue weighted by atomic mass is 32.2. The molecule has 144 valence electrons. The van der Waals surface area contributed by atoms with E-state index < -0.39 is 17.2 Å². The summed E-state index contributed by atoms with van der Waals surface area (Å²) in [5.74, 6) is 0.332. The second kappa shape index (κ2) is 7.70. The smallest absolute Gasteiger partial charge is 0.230 e. The van der Waals surface area contributed by atoms with Crippen molar-refractivity contribution in [3.63, 3.8) is 0 Å². The van der Waals surface area contributed by atoms with Gasteiger partial charge in [-0.15, -0.1) is 0 Å². The highest BCUT2D eigenvalue weighted by Gasteiger charge is 2.50.